The van der Waals surface area contributed by atoms with E-state index >= 15 is 0 Å². The zero-order chi connectivity index (χ0) is 20.3. The average Bonchev–Trinajstić information content (AvgIpc) is 2.91. The van der Waals surface area contributed by atoms with E-state index in [4.69, 9.17) is 0 Å². The summed E-state index contributed by atoms with van der Waals surface area (Å²) in [6.07, 6.45) is 3.86. The SMILES string of the molecule is C[C@]12CC[C@@H]3c4ccc(O)cc4CC[C@H]3[C@@H]1CCC2(O)C(CC(=O)O)C(=O)O. The normalized spacial score (nSPS) is 37.4. The van der Waals surface area contributed by atoms with E-state index in [1.165, 1.54) is 11.1 Å². The van der Waals surface area contributed by atoms with E-state index in [1.807, 2.05) is 19.1 Å². The van der Waals surface area contributed by atoms with Crippen LogP contribution in [-0.4, -0.2) is 38.0 Å². The van der Waals surface area contributed by atoms with Crippen LogP contribution in [0.4, 0.5) is 0 Å². The molecule has 1 aromatic carbocycles. The van der Waals surface area contributed by atoms with E-state index in [2.05, 4.69) is 0 Å². The zero-order valence-corrected chi connectivity index (χ0v) is 16.1. The van der Waals surface area contributed by atoms with Crippen LogP contribution in [0.3, 0.4) is 0 Å². The van der Waals surface area contributed by atoms with E-state index < -0.39 is 35.3 Å². The summed E-state index contributed by atoms with van der Waals surface area (Å²) >= 11 is 0. The molecule has 0 spiro atoms. The number of aryl methyl sites for hydroxylation is 1. The molecule has 0 amide bonds. The maximum Gasteiger partial charge on any atom is 0.310 e. The van der Waals surface area contributed by atoms with Crippen LogP contribution < -0.4 is 0 Å². The van der Waals surface area contributed by atoms with Crippen LogP contribution >= 0.6 is 0 Å². The largest absolute Gasteiger partial charge is 0.508 e. The quantitative estimate of drug-likeness (QED) is 0.630. The van der Waals surface area contributed by atoms with Crippen LogP contribution in [0.15, 0.2) is 18.2 Å². The lowest BCUT2D eigenvalue weighted by Crippen LogP contribution is -2.56. The standard InChI is InChI=1S/C22H28O6/c1-21-8-6-15-14-5-3-13(23)10-12(14)2-4-16(15)17(21)7-9-22(21,28)18(20(26)27)11-19(24)25/h3,5,10,15-18,23,28H,2,4,6-9,11H2,1H3,(H,24,25)(H,26,27)/t15-,16-,17+,18?,21+,22?/m1/s1. The Hall–Kier alpha value is -2.08. The van der Waals surface area contributed by atoms with Gasteiger partial charge in [-0.05, 0) is 79.5 Å². The van der Waals surface area contributed by atoms with E-state index in [0.29, 0.717) is 24.7 Å². The molecule has 4 N–H and O–H groups in total. The first-order valence-electron chi connectivity index (χ1n) is 10.2. The molecule has 6 heteroatoms. The predicted molar refractivity (Wildman–Crippen MR) is 101 cm³/mol. The smallest absolute Gasteiger partial charge is 0.310 e. The van der Waals surface area contributed by atoms with Crippen LogP contribution in [0.1, 0.15) is 62.5 Å². The summed E-state index contributed by atoms with van der Waals surface area (Å²) in [5, 5.41) is 40.3. The van der Waals surface area contributed by atoms with Crippen LogP contribution in [0.25, 0.3) is 0 Å². The Balaban J connectivity index is 1.68. The number of phenolic OH excluding ortho intramolecular Hbond substituents is 1. The van der Waals surface area contributed by atoms with Crippen molar-refractivity contribution in [2.75, 3.05) is 0 Å². The number of aromatic hydroxyl groups is 1. The van der Waals surface area contributed by atoms with Crippen molar-refractivity contribution in [1.82, 2.24) is 0 Å². The molecule has 4 rings (SSSR count). The van der Waals surface area contributed by atoms with Crippen molar-refractivity contribution in [3.8, 4) is 5.75 Å². The lowest BCUT2D eigenvalue weighted by molar-refractivity contribution is -0.177. The molecular formula is C22H28O6. The lowest BCUT2D eigenvalue weighted by Gasteiger charge is -2.54. The molecule has 2 unspecified atom stereocenters. The fourth-order valence-electron chi connectivity index (χ4n) is 6.83. The minimum atomic E-state index is -1.50. The molecule has 0 heterocycles. The Morgan fingerprint density at radius 1 is 1.18 bits per heavy atom. The highest BCUT2D eigenvalue weighted by Crippen LogP contribution is 2.66. The number of carbonyl (C=O) groups is 2. The summed E-state index contributed by atoms with van der Waals surface area (Å²) in [6, 6.07) is 5.58. The summed E-state index contributed by atoms with van der Waals surface area (Å²) in [4.78, 5) is 23.2. The molecule has 0 saturated heterocycles. The molecule has 28 heavy (non-hydrogen) atoms. The van der Waals surface area contributed by atoms with E-state index in [-0.39, 0.29) is 11.7 Å². The highest BCUT2D eigenvalue weighted by Gasteiger charge is 2.65. The number of hydrogen-bond donors (Lipinski definition) is 4. The van der Waals surface area contributed by atoms with Gasteiger partial charge in [-0.1, -0.05) is 13.0 Å². The topological polar surface area (TPSA) is 115 Å². The maximum absolute atomic E-state index is 11.9. The summed E-state index contributed by atoms with van der Waals surface area (Å²) < 4.78 is 0. The maximum atomic E-state index is 11.9. The van der Waals surface area contributed by atoms with Crippen molar-refractivity contribution < 1.29 is 30.0 Å². The van der Waals surface area contributed by atoms with Crippen molar-refractivity contribution in [3.05, 3.63) is 29.3 Å². The average molecular weight is 388 g/mol. The third-order valence-corrected chi connectivity index (χ3v) is 8.18. The van der Waals surface area contributed by atoms with Gasteiger partial charge in [-0.3, -0.25) is 9.59 Å². The van der Waals surface area contributed by atoms with Crippen LogP contribution in [0.2, 0.25) is 0 Å². The summed E-state index contributed by atoms with van der Waals surface area (Å²) in [5.74, 6) is -2.53. The van der Waals surface area contributed by atoms with E-state index in [9.17, 15) is 30.0 Å². The van der Waals surface area contributed by atoms with Crippen LogP contribution in [0, 0.1) is 23.2 Å². The second-order valence-electron chi connectivity index (χ2n) is 9.21. The third-order valence-electron chi connectivity index (χ3n) is 8.18. The lowest BCUT2D eigenvalue weighted by atomic mass is 9.51. The van der Waals surface area contributed by atoms with Gasteiger partial charge in [-0.15, -0.1) is 0 Å². The van der Waals surface area contributed by atoms with Crippen molar-refractivity contribution in [2.24, 2.45) is 23.2 Å². The van der Waals surface area contributed by atoms with Gasteiger partial charge in [-0.25, -0.2) is 0 Å². The monoisotopic (exact) mass is 388 g/mol. The molecule has 0 bridgehead atoms. The van der Waals surface area contributed by atoms with Crippen LogP contribution in [0.5, 0.6) is 5.75 Å². The fraction of sp³-hybridized carbons (Fsp3) is 0.636. The third kappa shape index (κ3) is 2.65. The first kappa shape index (κ1) is 19.2. The number of benzene rings is 1. The Kier molecular flexibility index (Phi) is 4.45. The van der Waals surface area contributed by atoms with Crippen LogP contribution in [-0.2, 0) is 16.0 Å². The van der Waals surface area contributed by atoms with Crippen molar-refractivity contribution >= 4 is 11.9 Å². The molecule has 6 atom stereocenters. The molecule has 1 aromatic rings. The highest BCUT2D eigenvalue weighted by molar-refractivity contribution is 5.79. The summed E-state index contributed by atoms with van der Waals surface area (Å²) in [7, 11) is 0. The second-order valence-corrected chi connectivity index (χ2v) is 9.21. The fourth-order valence-corrected chi connectivity index (χ4v) is 6.83. The molecule has 3 aliphatic rings. The van der Waals surface area contributed by atoms with Crippen molar-refractivity contribution in [2.45, 2.75) is 63.4 Å². The molecule has 2 saturated carbocycles. The van der Waals surface area contributed by atoms with Gasteiger partial charge in [-0.2, -0.15) is 0 Å². The first-order chi connectivity index (χ1) is 13.2. The molecule has 3 aliphatic carbocycles. The molecule has 0 aliphatic heterocycles. The Morgan fingerprint density at radius 3 is 2.61 bits per heavy atom. The van der Waals surface area contributed by atoms with Gasteiger partial charge in [0, 0.05) is 5.41 Å². The first-order valence-corrected chi connectivity index (χ1v) is 10.2. The van der Waals surface area contributed by atoms with Gasteiger partial charge >= 0.3 is 11.9 Å². The van der Waals surface area contributed by atoms with Crippen molar-refractivity contribution in [1.29, 1.82) is 0 Å². The Labute approximate surface area is 164 Å². The number of aliphatic hydroxyl groups is 1. The molecule has 2 fully saturated rings. The molecule has 6 nitrogen and oxygen atoms in total. The predicted octanol–water partition coefficient (Wildman–Crippen LogP) is 3.15. The minimum absolute atomic E-state index is 0.175. The number of hydrogen-bond acceptors (Lipinski definition) is 4. The van der Waals surface area contributed by atoms with E-state index in [1.54, 1.807) is 6.07 Å². The van der Waals surface area contributed by atoms with E-state index in [0.717, 1.165) is 25.7 Å². The molecule has 0 aromatic heterocycles. The number of phenols is 1. The second kappa shape index (κ2) is 6.48. The van der Waals surface area contributed by atoms with Gasteiger partial charge < -0.3 is 20.4 Å². The van der Waals surface area contributed by atoms with Gasteiger partial charge in [0.15, 0.2) is 0 Å². The summed E-state index contributed by atoms with van der Waals surface area (Å²) in [6.45, 7) is 1.98. The van der Waals surface area contributed by atoms with Crippen molar-refractivity contribution in [3.63, 3.8) is 0 Å². The highest BCUT2D eigenvalue weighted by atomic mass is 16.4. The zero-order valence-electron chi connectivity index (χ0n) is 16.1. The van der Waals surface area contributed by atoms with Gasteiger partial charge in [0.2, 0.25) is 0 Å². The number of fused-ring (bicyclic) bond motifs is 5. The number of rotatable bonds is 4. The Bertz CT molecular complexity index is 819. The number of carboxylic acid groups (broad SMARTS) is 2. The minimum Gasteiger partial charge on any atom is -0.508 e. The number of aliphatic carboxylic acids is 2. The van der Waals surface area contributed by atoms with Gasteiger partial charge in [0.1, 0.15) is 5.75 Å². The molecular weight excluding hydrogens is 360 g/mol. The number of carboxylic acids is 2. The Morgan fingerprint density at radius 2 is 1.93 bits per heavy atom. The summed E-state index contributed by atoms with van der Waals surface area (Å²) in [5.41, 5.74) is 0.364. The van der Waals surface area contributed by atoms with Gasteiger partial charge in [0.25, 0.3) is 0 Å². The van der Waals surface area contributed by atoms with Gasteiger partial charge in [0.05, 0.1) is 17.9 Å². The molecule has 152 valence electrons. The molecule has 0 radical (unpaired) electrons.